The highest BCUT2D eigenvalue weighted by Crippen LogP contribution is 1.86. The zero-order valence-corrected chi connectivity index (χ0v) is 3.69. The van der Waals surface area contributed by atoms with Crippen LogP contribution in [0.2, 0.25) is 0 Å². The Morgan fingerprint density at radius 3 is 2.83 bits per heavy atom. The average molecular weight is 88.1 g/mol. The first-order valence-corrected chi connectivity index (χ1v) is 2.03. The van der Waals surface area contributed by atoms with Gasteiger partial charge in [-0.15, -0.1) is 5.59 Å². The second kappa shape index (κ2) is 1.55. The maximum Gasteiger partial charge on any atom is 0.0917 e. The van der Waals surface area contributed by atoms with Gasteiger partial charge >= 0.3 is 0 Å². The molecule has 0 bridgehead atoms. The van der Waals surface area contributed by atoms with Crippen LogP contribution in [0.1, 0.15) is 6.92 Å². The zero-order chi connectivity index (χ0) is 4.41. The lowest BCUT2D eigenvalue weighted by molar-refractivity contribution is 0.0358. The fourth-order valence-electron chi connectivity index (χ4n) is 0.369. The molecule has 2 N–H and O–H groups in total. The Bertz CT molecular complexity index is 42.1. The molecule has 0 radical (unpaired) electrons. The summed E-state index contributed by atoms with van der Waals surface area (Å²) in [5.41, 5.74) is 5.32. The lowest BCUT2D eigenvalue weighted by Gasteiger charge is -1.90. The first-order chi connectivity index (χ1) is 2.89. The summed E-state index contributed by atoms with van der Waals surface area (Å²) in [4.78, 5) is 4.79. The van der Waals surface area contributed by atoms with E-state index in [9.17, 15) is 0 Å². The quantitative estimate of drug-likeness (QED) is 0.415. The fourth-order valence-corrected chi connectivity index (χ4v) is 0.369. The van der Waals surface area contributed by atoms with E-state index in [0.717, 1.165) is 6.54 Å². The van der Waals surface area contributed by atoms with Crippen molar-refractivity contribution in [3.63, 3.8) is 0 Å². The van der Waals surface area contributed by atoms with Gasteiger partial charge in [-0.25, -0.2) is 5.43 Å². The van der Waals surface area contributed by atoms with Crippen molar-refractivity contribution in [3.05, 3.63) is 0 Å². The van der Waals surface area contributed by atoms with Crippen LogP contribution in [-0.4, -0.2) is 12.6 Å². The molecule has 1 aliphatic heterocycles. The van der Waals surface area contributed by atoms with Crippen LogP contribution in [0.3, 0.4) is 0 Å². The molecular weight excluding hydrogens is 80.0 g/mol. The Hall–Kier alpha value is -0.120. The maximum atomic E-state index is 4.79. The molecule has 1 aliphatic rings. The van der Waals surface area contributed by atoms with Gasteiger partial charge in [-0.1, -0.05) is 0 Å². The van der Waals surface area contributed by atoms with Crippen LogP contribution in [0.25, 0.3) is 0 Å². The van der Waals surface area contributed by atoms with Gasteiger partial charge in [0.25, 0.3) is 0 Å². The smallest absolute Gasteiger partial charge is 0.0917 e. The van der Waals surface area contributed by atoms with Crippen molar-refractivity contribution in [2.45, 2.75) is 13.0 Å². The van der Waals surface area contributed by atoms with Crippen molar-refractivity contribution in [3.8, 4) is 0 Å². The number of hydrazine groups is 1. The third-order valence-corrected chi connectivity index (χ3v) is 0.722. The molecule has 1 fully saturated rings. The van der Waals surface area contributed by atoms with Crippen LogP contribution in [0.5, 0.6) is 0 Å². The van der Waals surface area contributed by atoms with Gasteiger partial charge in [0.15, 0.2) is 0 Å². The van der Waals surface area contributed by atoms with Crippen molar-refractivity contribution >= 4 is 0 Å². The van der Waals surface area contributed by atoms with Crippen molar-refractivity contribution in [1.82, 2.24) is 11.0 Å². The fraction of sp³-hybridized carbons (Fsp3) is 1.00. The minimum absolute atomic E-state index is 0.324. The molecule has 1 rings (SSSR count). The van der Waals surface area contributed by atoms with Crippen LogP contribution < -0.4 is 11.0 Å². The van der Waals surface area contributed by atoms with E-state index in [1.807, 2.05) is 6.92 Å². The van der Waals surface area contributed by atoms with Crippen molar-refractivity contribution in [1.29, 1.82) is 0 Å². The lowest BCUT2D eigenvalue weighted by atomic mass is 10.4. The maximum absolute atomic E-state index is 4.79. The predicted octanol–water partition coefficient (Wildman–Crippen LogP) is -0.586. The molecule has 0 aromatic carbocycles. The molecule has 1 atom stereocenters. The molecule has 1 saturated heterocycles. The lowest BCUT2D eigenvalue weighted by Crippen LogP contribution is -2.20. The molecule has 0 saturated carbocycles. The summed E-state index contributed by atoms with van der Waals surface area (Å²) in [6.45, 7) is 2.90. The predicted molar refractivity (Wildman–Crippen MR) is 21.7 cm³/mol. The molecule has 0 spiro atoms. The van der Waals surface area contributed by atoms with E-state index in [1.165, 1.54) is 0 Å². The van der Waals surface area contributed by atoms with Gasteiger partial charge in [0.1, 0.15) is 0 Å². The Morgan fingerprint density at radius 2 is 2.67 bits per heavy atom. The number of rotatable bonds is 0. The largest absolute Gasteiger partial charge is 0.283 e. The summed E-state index contributed by atoms with van der Waals surface area (Å²) in [5, 5.41) is 0. The molecule has 36 valence electrons. The number of hydrogen-bond donors (Lipinski definition) is 2. The van der Waals surface area contributed by atoms with Gasteiger partial charge in [0.05, 0.1) is 6.10 Å². The summed E-state index contributed by atoms with van der Waals surface area (Å²) in [5.74, 6) is 0. The van der Waals surface area contributed by atoms with Gasteiger partial charge in [-0.3, -0.25) is 4.84 Å². The summed E-state index contributed by atoms with van der Waals surface area (Å²) < 4.78 is 0. The molecule has 3 heteroatoms. The average Bonchev–Trinajstić information content (AvgIpc) is 1.86. The van der Waals surface area contributed by atoms with E-state index in [0.29, 0.717) is 6.10 Å². The Balaban J connectivity index is 2.18. The van der Waals surface area contributed by atoms with Crippen LogP contribution in [-0.2, 0) is 4.84 Å². The van der Waals surface area contributed by atoms with E-state index >= 15 is 0 Å². The molecule has 1 unspecified atom stereocenters. The second-order valence-corrected chi connectivity index (χ2v) is 1.41. The van der Waals surface area contributed by atoms with Crippen molar-refractivity contribution in [2.75, 3.05) is 6.54 Å². The summed E-state index contributed by atoms with van der Waals surface area (Å²) in [7, 11) is 0. The Morgan fingerprint density at radius 1 is 1.83 bits per heavy atom. The molecule has 1 heterocycles. The summed E-state index contributed by atoms with van der Waals surface area (Å²) in [6, 6.07) is 0. The van der Waals surface area contributed by atoms with E-state index in [2.05, 4.69) is 11.0 Å². The second-order valence-electron chi connectivity index (χ2n) is 1.41. The number of nitrogens with one attached hydrogen (secondary N) is 2. The van der Waals surface area contributed by atoms with Crippen LogP contribution in [0, 0.1) is 0 Å². The van der Waals surface area contributed by atoms with E-state index in [1.54, 1.807) is 0 Å². The summed E-state index contributed by atoms with van der Waals surface area (Å²) in [6.07, 6.45) is 0.324. The first-order valence-electron chi connectivity index (χ1n) is 2.03. The minimum atomic E-state index is 0.324. The van der Waals surface area contributed by atoms with E-state index in [-0.39, 0.29) is 0 Å². The first kappa shape index (κ1) is 4.05. The number of hydrogen-bond acceptors (Lipinski definition) is 3. The zero-order valence-electron chi connectivity index (χ0n) is 3.69. The topological polar surface area (TPSA) is 33.3 Å². The highest BCUT2D eigenvalue weighted by atomic mass is 16.7. The third kappa shape index (κ3) is 0.680. The highest BCUT2D eigenvalue weighted by molar-refractivity contribution is 4.52. The van der Waals surface area contributed by atoms with Crippen LogP contribution >= 0.6 is 0 Å². The standard InChI is InChI=1S/C3H8N2O/c1-3-2-4-5-6-3/h3-5H,2H2,1H3. The minimum Gasteiger partial charge on any atom is -0.283 e. The third-order valence-electron chi connectivity index (χ3n) is 0.722. The normalized spacial score (nSPS) is 34.5. The molecular formula is C3H8N2O. The highest BCUT2D eigenvalue weighted by Gasteiger charge is 2.05. The van der Waals surface area contributed by atoms with Crippen molar-refractivity contribution in [2.24, 2.45) is 0 Å². The Kier molecular flexibility index (Phi) is 1.05. The van der Waals surface area contributed by atoms with E-state index in [4.69, 9.17) is 4.84 Å². The van der Waals surface area contributed by atoms with E-state index < -0.39 is 0 Å². The van der Waals surface area contributed by atoms with Crippen LogP contribution in [0.15, 0.2) is 0 Å². The molecule has 0 aromatic rings. The van der Waals surface area contributed by atoms with Gasteiger partial charge in [-0.05, 0) is 6.92 Å². The molecule has 6 heavy (non-hydrogen) atoms. The summed E-state index contributed by atoms with van der Waals surface area (Å²) >= 11 is 0. The molecule has 0 amide bonds. The Labute approximate surface area is 36.6 Å². The van der Waals surface area contributed by atoms with Gasteiger partial charge < -0.3 is 0 Å². The van der Waals surface area contributed by atoms with Gasteiger partial charge in [-0.2, -0.15) is 0 Å². The molecule has 0 aliphatic carbocycles. The monoisotopic (exact) mass is 88.1 g/mol. The SMILES string of the molecule is CC1CNNO1. The van der Waals surface area contributed by atoms with Crippen LogP contribution in [0.4, 0.5) is 0 Å². The molecule has 3 nitrogen and oxygen atoms in total. The van der Waals surface area contributed by atoms with Crippen molar-refractivity contribution < 1.29 is 4.84 Å². The van der Waals surface area contributed by atoms with Gasteiger partial charge in [0, 0.05) is 6.54 Å². The van der Waals surface area contributed by atoms with Gasteiger partial charge in [0.2, 0.25) is 0 Å². The molecule has 0 aromatic heterocycles.